The molecule has 180 valence electrons. The van der Waals surface area contributed by atoms with Crippen LogP contribution in [-0.4, -0.2) is 32.4 Å². The molecule has 6 nitrogen and oxygen atoms in total. The van der Waals surface area contributed by atoms with Crippen LogP contribution in [0.3, 0.4) is 0 Å². The molecule has 2 aliphatic rings. The predicted octanol–water partition coefficient (Wildman–Crippen LogP) is 5.65. The average Bonchev–Trinajstić information content (AvgIpc) is 3.48. The number of nitrogens with one attached hydrogen (secondary N) is 1. The lowest BCUT2D eigenvalue weighted by Gasteiger charge is -2.36. The molecule has 2 saturated carbocycles. The molecular weight excluding hydrogens is 412 g/mol. The van der Waals surface area contributed by atoms with Crippen molar-refractivity contribution < 1.29 is 9.90 Å². The number of hydrogen-bond donors (Lipinski definition) is 2. The summed E-state index contributed by atoms with van der Waals surface area (Å²) >= 11 is 0. The molecule has 2 N–H and O–H groups in total. The predicted molar refractivity (Wildman–Crippen MR) is 131 cm³/mol. The van der Waals surface area contributed by atoms with Crippen molar-refractivity contribution in [2.75, 3.05) is 11.9 Å². The molecule has 6 heteroatoms. The second kappa shape index (κ2) is 10.4. The van der Waals surface area contributed by atoms with Crippen molar-refractivity contribution >= 4 is 11.6 Å². The summed E-state index contributed by atoms with van der Waals surface area (Å²) in [6.07, 6.45) is 7.80. The van der Waals surface area contributed by atoms with Gasteiger partial charge in [0.1, 0.15) is 11.6 Å². The van der Waals surface area contributed by atoms with Crippen LogP contribution in [0.4, 0.5) is 5.69 Å². The molecule has 1 amide bonds. The summed E-state index contributed by atoms with van der Waals surface area (Å²) < 4.78 is 2.38. The van der Waals surface area contributed by atoms with Crippen molar-refractivity contribution in [3.63, 3.8) is 0 Å². The maximum atomic E-state index is 13.0. The highest BCUT2D eigenvalue weighted by atomic mass is 16.3. The van der Waals surface area contributed by atoms with Crippen molar-refractivity contribution in [3.05, 3.63) is 41.0 Å². The Hall–Kier alpha value is -2.21. The number of anilines is 1. The van der Waals surface area contributed by atoms with Gasteiger partial charge in [-0.15, -0.1) is 10.2 Å². The van der Waals surface area contributed by atoms with E-state index >= 15 is 0 Å². The van der Waals surface area contributed by atoms with Gasteiger partial charge in [0.25, 0.3) is 0 Å². The SMILES string of the molecule is Cc1ccc(NC(=O)C[C@@H](CCCO)c2nnc(C3CC(CC(C)C)C3)n2C2CC2)c(C)c1. The molecular formula is C27H40N4O2. The first-order valence-corrected chi connectivity index (χ1v) is 12.8. The van der Waals surface area contributed by atoms with Crippen LogP contribution < -0.4 is 5.32 Å². The molecule has 2 aromatic rings. The Labute approximate surface area is 198 Å². The lowest BCUT2D eigenvalue weighted by molar-refractivity contribution is -0.116. The van der Waals surface area contributed by atoms with Gasteiger partial charge >= 0.3 is 0 Å². The average molecular weight is 453 g/mol. The Bertz CT molecular complexity index is 957. The number of aliphatic hydroxyl groups excluding tert-OH is 1. The Morgan fingerprint density at radius 1 is 1.21 bits per heavy atom. The van der Waals surface area contributed by atoms with Gasteiger partial charge in [-0.1, -0.05) is 31.5 Å². The van der Waals surface area contributed by atoms with Crippen LogP contribution in [0.25, 0.3) is 0 Å². The number of aliphatic hydroxyl groups is 1. The van der Waals surface area contributed by atoms with Gasteiger partial charge in [0.2, 0.25) is 5.91 Å². The van der Waals surface area contributed by atoms with Crippen molar-refractivity contribution in [1.29, 1.82) is 0 Å². The number of aromatic nitrogens is 3. The van der Waals surface area contributed by atoms with Crippen LogP contribution in [0, 0.1) is 25.7 Å². The monoisotopic (exact) mass is 452 g/mol. The van der Waals surface area contributed by atoms with Crippen LogP contribution in [-0.2, 0) is 4.79 Å². The smallest absolute Gasteiger partial charge is 0.225 e. The molecule has 1 aromatic carbocycles. The number of carbonyl (C=O) groups excluding carboxylic acids is 1. The van der Waals surface area contributed by atoms with E-state index in [9.17, 15) is 9.90 Å². The summed E-state index contributed by atoms with van der Waals surface area (Å²) in [6, 6.07) is 6.56. The van der Waals surface area contributed by atoms with Crippen LogP contribution in [0.5, 0.6) is 0 Å². The fraction of sp³-hybridized carbons (Fsp3) is 0.667. The summed E-state index contributed by atoms with van der Waals surface area (Å²) in [7, 11) is 0. The molecule has 0 bridgehead atoms. The fourth-order valence-electron chi connectivity index (χ4n) is 5.42. The zero-order valence-corrected chi connectivity index (χ0v) is 20.7. The van der Waals surface area contributed by atoms with Gasteiger partial charge in [0, 0.05) is 36.6 Å². The van der Waals surface area contributed by atoms with E-state index in [1.165, 1.54) is 37.7 Å². The molecule has 1 heterocycles. The second-order valence-electron chi connectivity index (χ2n) is 10.8. The van der Waals surface area contributed by atoms with Gasteiger partial charge in [-0.25, -0.2) is 0 Å². The van der Waals surface area contributed by atoms with Crippen molar-refractivity contribution in [1.82, 2.24) is 14.8 Å². The van der Waals surface area contributed by atoms with E-state index in [2.05, 4.69) is 46.9 Å². The summed E-state index contributed by atoms with van der Waals surface area (Å²) in [6.45, 7) is 8.80. The first-order valence-electron chi connectivity index (χ1n) is 12.8. The Morgan fingerprint density at radius 3 is 2.61 bits per heavy atom. The third kappa shape index (κ3) is 5.84. The van der Waals surface area contributed by atoms with Crippen LogP contribution in [0.2, 0.25) is 0 Å². The van der Waals surface area contributed by atoms with Crippen molar-refractivity contribution in [2.24, 2.45) is 11.8 Å². The van der Waals surface area contributed by atoms with E-state index in [1.54, 1.807) is 0 Å². The first-order chi connectivity index (χ1) is 15.9. The van der Waals surface area contributed by atoms with E-state index in [4.69, 9.17) is 0 Å². The number of hydrogen-bond acceptors (Lipinski definition) is 4. The zero-order chi connectivity index (χ0) is 23.5. The maximum Gasteiger partial charge on any atom is 0.225 e. The van der Waals surface area contributed by atoms with Gasteiger partial charge in [0.15, 0.2) is 0 Å². The number of carbonyl (C=O) groups is 1. The van der Waals surface area contributed by atoms with Crippen LogP contribution >= 0.6 is 0 Å². The lowest BCUT2D eigenvalue weighted by atomic mass is 9.71. The summed E-state index contributed by atoms with van der Waals surface area (Å²) in [4.78, 5) is 13.0. The van der Waals surface area contributed by atoms with E-state index in [-0.39, 0.29) is 18.4 Å². The quantitative estimate of drug-likeness (QED) is 0.461. The molecule has 1 aromatic heterocycles. The van der Waals surface area contributed by atoms with Crippen molar-refractivity contribution in [3.8, 4) is 0 Å². The Morgan fingerprint density at radius 2 is 1.97 bits per heavy atom. The maximum absolute atomic E-state index is 13.0. The number of aryl methyl sites for hydroxylation is 2. The van der Waals surface area contributed by atoms with E-state index < -0.39 is 0 Å². The molecule has 0 saturated heterocycles. The molecule has 1 atom stereocenters. The zero-order valence-electron chi connectivity index (χ0n) is 20.7. The number of rotatable bonds is 11. The summed E-state index contributed by atoms with van der Waals surface area (Å²) in [5.41, 5.74) is 3.11. The summed E-state index contributed by atoms with van der Waals surface area (Å²) in [5, 5.41) is 21.9. The highest BCUT2D eigenvalue weighted by molar-refractivity contribution is 5.92. The number of amides is 1. The normalized spacial score (nSPS) is 21.2. The minimum Gasteiger partial charge on any atom is -0.396 e. The molecule has 4 rings (SSSR count). The summed E-state index contributed by atoms with van der Waals surface area (Å²) in [5.74, 6) is 4.09. The third-order valence-electron chi connectivity index (χ3n) is 7.23. The minimum absolute atomic E-state index is 0.00238. The lowest BCUT2D eigenvalue weighted by Crippen LogP contribution is -2.26. The van der Waals surface area contributed by atoms with Gasteiger partial charge < -0.3 is 15.0 Å². The molecule has 2 aliphatic carbocycles. The molecule has 0 spiro atoms. The van der Waals surface area contributed by atoms with Gasteiger partial charge in [-0.05, 0) is 82.3 Å². The second-order valence-corrected chi connectivity index (χ2v) is 10.8. The number of benzene rings is 1. The van der Waals surface area contributed by atoms with Crippen molar-refractivity contribution in [2.45, 2.75) is 96.9 Å². The first kappa shape index (κ1) is 23.9. The highest BCUT2D eigenvalue weighted by Crippen LogP contribution is 2.48. The van der Waals surface area contributed by atoms with Gasteiger partial charge in [0.05, 0.1) is 0 Å². The third-order valence-corrected chi connectivity index (χ3v) is 7.23. The largest absolute Gasteiger partial charge is 0.396 e. The Balaban J connectivity index is 1.50. The molecule has 0 radical (unpaired) electrons. The topological polar surface area (TPSA) is 80.0 Å². The van der Waals surface area contributed by atoms with E-state index in [1.807, 2.05) is 19.1 Å². The van der Waals surface area contributed by atoms with E-state index in [0.29, 0.717) is 24.8 Å². The van der Waals surface area contributed by atoms with E-state index in [0.717, 1.165) is 41.2 Å². The number of nitrogens with zero attached hydrogens (tertiary/aromatic N) is 3. The standard InChI is InChI=1S/C27H40N4O2/c1-17(2)12-20-14-22(15-20)27-30-29-26(31(27)23-8-9-23)21(6-5-11-32)16-25(33)28-24-10-7-18(3)13-19(24)4/h7,10,13,17,20-23,32H,5-6,8-9,11-12,14-16H2,1-4H3,(H,28,33)/t20?,21-,22?/m1/s1. The minimum atomic E-state index is -0.0312. The van der Waals surface area contributed by atoms with Gasteiger partial charge in [-0.3, -0.25) is 4.79 Å². The molecule has 0 unspecified atom stereocenters. The molecule has 33 heavy (non-hydrogen) atoms. The molecule has 0 aliphatic heterocycles. The Kier molecular flexibility index (Phi) is 7.52. The fourth-order valence-corrected chi connectivity index (χ4v) is 5.42. The van der Waals surface area contributed by atoms with Crippen LogP contribution in [0.15, 0.2) is 18.2 Å². The molecule has 2 fully saturated rings. The highest BCUT2D eigenvalue weighted by Gasteiger charge is 2.39. The van der Waals surface area contributed by atoms with Gasteiger partial charge in [-0.2, -0.15) is 0 Å². The van der Waals surface area contributed by atoms with Crippen LogP contribution in [0.1, 0.15) is 106 Å².